The topological polar surface area (TPSA) is 78.9 Å². The van der Waals surface area contributed by atoms with Gasteiger partial charge in [0.1, 0.15) is 13.2 Å². The number of esters is 3. The molecule has 426 valence electrons. The van der Waals surface area contributed by atoms with E-state index in [-0.39, 0.29) is 31.1 Å². The van der Waals surface area contributed by atoms with Crippen LogP contribution in [0.2, 0.25) is 0 Å². The fraction of sp³-hybridized carbons (Fsp3) is 0.667. The third-order valence-corrected chi connectivity index (χ3v) is 13.0. The number of ether oxygens (including phenoxy) is 3. The van der Waals surface area contributed by atoms with Gasteiger partial charge in [-0.1, -0.05) is 284 Å². The third kappa shape index (κ3) is 60.6. The highest BCUT2D eigenvalue weighted by molar-refractivity contribution is 5.71. The van der Waals surface area contributed by atoms with Crippen LogP contribution >= 0.6 is 0 Å². The normalized spacial score (nSPS) is 12.9. The van der Waals surface area contributed by atoms with Crippen LogP contribution in [0.1, 0.15) is 278 Å². The highest BCUT2D eigenvalue weighted by Crippen LogP contribution is 2.15. The van der Waals surface area contributed by atoms with E-state index in [4.69, 9.17) is 14.2 Å². The molecule has 0 spiro atoms. The molecule has 0 aromatic rings. The number of rotatable bonds is 55. The smallest absolute Gasteiger partial charge is 0.306 e. The second kappa shape index (κ2) is 62.4. The van der Waals surface area contributed by atoms with Crippen molar-refractivity contribution >= 4 is 17.9 Å². The Bertz CT molecular complexity index is 1570. The first-order valence-corrected chi connectivity index (χ1v) is 31.0. The maximum atomic E-state index is 12.8. The van der Waals surface area contributed by atoms with E-state index in [0.717, 1.165) is 135 Å². The van der Waals surface area contributed by atoms with Gasteiger partial charge in [-0.25, -0.2) is 0 Å². The Labute approximate surface area is 462 Å². The summed E-state index contributed by atoms with van der Waals surface area (Å²) in [5.41, 5.74) is 0. The Morgan fingerprint density at radius 1 is 0.280 bits per heavy atom. The molecule has 0 bridgehead atoms. The molecule has 0 aromatic heterocycles. The maximum Gasteiger partial charge on any atom is 0.306 e. The molecule has 75 heavy (non-hydrogen) atoms. The number of carbonyl (C=O) groups excluding carboxylic acids is 3. The molecule has 6 nitrogen and oxygen atoms in total. The van der Waals surface area contributed by atoms with Gasteiger partial charge in [0.2, 0.25) is 0 Å². The van der Waals surface area contributed by atoms with Gasteiger partial charge in [-0.2, -0.15) is 0 Å². The Morgan fingerprint density at radius 3 is 0.813 bits per heavy atom. The van der Waals surface area contributed by atoms with Gasteiger partial charge in [-0.3, -0.25) is 14.4 Å². The maximum absolute atomic E-state index is 12.8. The Hall–Kier alpha value is -4.19. The summed E-state index contributed by atoms with van der Waals surface area (Å²) >= 11 is 0. The summed E-state index contributed by atoms with van der Waals surface area (Å²) in [7, 11) is 0. The average molecular weight is 1040 g/mol. The number of hydrogen-bond acceptors (Lipinski definition) is 6. The summed E-state index contributed by atoms with van der Waals surface area (Å²) in [4.78, 5) is 38.0. The van der Waals surface area contributed by atoms with Crippen molar-refractivity contribution in [3.05, 3.63) is 122 Å². The van der Waals surface area contributed by atoms with Gasteiger partial charge in [0, 0.05) is 19.3 Å². The second-order valence-electron chi connectivity index (χ2n) is 20.2. The molecule has 6 heteroatoms. The van der Waals surface area contributed by atoms with E-state index in [1.165, 1.54) is 103 Å². The van der Waals surface area contributed by atoms with Gasteiger partial charge in [-0.15, -0.1) is 0 Å². The molecule has 0 rings (SSSR count). The van der Waals surface area contributed by atoms with Crippen molar-refractivity contribution in [2.45, 2.75) is 284 Å². The van der Waals surface area contributed by atoms with Gasteiger partial charge in [0.25, 0.3) is 0 Å². The predicted octanol–water partition coefficient (Wildman–Crippen LogP) is 21.2. The summed E-state index contributed by atoms with van der Waals surface area (Å²) in [5.74, 6) is -0.909. The van der Waals surface area contributed by atoms with E-state index in [1.807, 2.05) is 0 Å². The summed E-state index contributed by atoms with van der Waals surface area (Å²) in [6.45, 7) is 6.49. The number of hydrogen-bond donors (Lipinski definition) is 0. The van der Waals surface area contributed by atoms with E-state index >= 15 is 0 Å². The molecule has 1 atom stereocenters. The Kier molecular flexibility index (Phi) is 58.9. The van der Waals surface area contributed by atoms with Crippen LogP contribution in [0.15, 0.2) is 122 Å². The van der Waals surface area contributed by atoms with Crippen molar-refractivity contribution in [3.8, 4) is 0 Å². The molecule has 0 N–H and O–H groups in total. The summed E-state index contributed by atoms with van der Waals surface area (Å²) in [5, 5.41) is 0. The second-order valence-corrected chi connectivity index (χ2v) is 20.2. The third-order valence-electron chi connectivity index (χ3n) is 13.0. The van der Waals surface area contributed by atoms with Crippen LogP contribution in [0.5, 0.6) is 0 Å². The molecule has 0 aromatic carbocycles. The van der Waals surface area contributed by atoms with E-state index in [2.05, 4.69) is 142 Å². The van der Waals surface area contributed by atoms with Crippen molar-refractivity contribution in [1.82, 2.24) is 0 Å². The fourth-order valence-corrected chi connectivity index (χ4v) is 8.35. The SMILES string of the molecule is CC/C=C\C/C=C\C/C=C\C/C=C\C/C=C\C/C=C\C/C=C\C/C=C\C/C=C\C/C=C\CCCCCCC(=O)OCC(COC(=O)CCCCCCCCCCCCC)OC(=O)CCCCCCCCCCCCC. The van der Waals surface area contributed by atoms with Crippen molar-refractivity contribution in [2.75, 3.05) is 13.2 Å². The molecular formula is C69H114O6. The summed E-state index contributed by atoms with van der Waals surface area (Å²) < 4.78 is 16.8. The minimum atomic E-state index is -0.786. The quantitative estimate of drug-likeness (QED) is 0.0261. The minimum Gasteiger partial charge on any atom is -0.462 e. The molecule has 0 aliphatic carbocycles. The fourth-order valence-electron chi connectivity index (χ4n) is 8.35. The molecule has 1 unspecified atom stereocenters. The van der Waals surface area contributed by atoms with Crippen LogP contribution in [0, 0.1) is 0 Å². The Morgan fingerprint density at radius 2 is 0.520 bits per heavy atom. The number of unbranched alkanes of at least 4 members (excludes halogenated alkanes) is 24. The predicted molar refractivity (Wildman–Crippen MR) is 325 cm³/mol. The van der Waals surface area contributed by atoms with Crippen molar-refractivity contribution in [1.29, 1.82) is 0 Å². The number of allylic oxidation sites excluding steroid dienone is 20. The van der Waals surface area contributed by atoms with Crippen LogP contribution in [0.3, 0.4) is 0 Å². The molecule has 0 aliphatic heterocycles. The first kappa shape index (κ1) is 70.8. The largest absolute Gasteiger partial charge is 0.462 e. The van der Waals surface area contributed by atoms with Crippen LogP contribution in [0.25, 0.3) is 0 Å². The lowest BCUT2D eigenvalue weighted by atomic mass is 10.1. The molecule has 0 heterocycles. The van der Waals surface area contributed by atoms with E-state index in [0.29, 0.717) is 19.3 Å². The van der Waals surface area contributed by atoms with Gasteiger partial charge in [-0.05, 0) is 96.3 Å². The molecular weight excluding hydrogens is 925 g/mol. The van der Waals surface area contributed by atoms with E-state index < -0.39 is 6.10 Å². The zero-order valence-electron chi connectivity index (χ0n) is 48.8. The van der Waals surface area contributed by atoms with Gasteiger partial charge >= 0.3 is 17.9 Å². The van der Waals surface area contributed by atoms with Crippen LogP contribution in [-0.4, -0.2) is 37.2 Å². The minimum absolute atomic E-state index is 0.0837. The number of carbonyl (C=O) groups is 3. The van der Waals surface area contributed by atoms with Gasteiger partial charge < -0.3 is 14.2 Å². The van der Waals surface area contributed by atoms with Crippen LogP contribution in [-0.2, 0) is 28.6 Å². The highest BCUT2D eigenvalue weighted by atomic mass is 16.6. The molecule has 0 fully saturated rings. The average Bonchev–Trinajstić information content (AvgIpc) is 3.41. The van der Waals surface area contributed by atoms with Gasteiger partial charge in [0.05, 0.1) is 0 Å². The lowest BCUT2D eigenvalue weighted by Gasteiger charge is -2.18. The van der Waals surface area contributed by atoms with E-state index in [9.17, 15) is 14.4 Å². The van der Waals surface area contributed by atoms with E-state index in [1.54, 1.807) is 0 Å². The Balaban J connectivity index is 4.22. The molecule has 0 saturated heterocycles. The monoisotopic (exact) mass is 1040 g/mol. The standard InChI is InChI=1S/C69H114O6/c1-4-7-10-13-16-19-22-23-24-25-26-27-28-29-30-31-32-33-34-35-36-37-38-39-40-41-42-43-44-45-48-50-53-56-59-62-68(71)74-65-66(75-69(72)63-60-57-54-51-47-21-18-15-12-9-6-3)64-73-67(70)61-58-55-52-49-46-20-17-14-11-8-5-2/h7,10,16,19,23-24,26-27,29-30,32-33,35-36,38-39,41-42,44-45,66H,4-6,8-9,11-15,17-18,20-22,25,28,31,34,37,40,43,46-65H2,1-3H3/b10-7-,19-16-,24-23-,27-26-,30-29-,33-32-,36-35-,39-38-,42-41-,45-44-. The van der Waals surface area contributed by atoms with Gasteiger partial charge in [0.15, 0.2) is 6.10 Å². The zero-order chi connectivity index (χ0) is 54.3. The summed E-state index contributed by atoms with van der Waals surface area (Å²) in [6.07, 6.45) is 86.4. The zero-order valence-corrected chi connectivity index (χ0v) is 48.8. The molecule has 0 radical (unpaired) electrons. The molecule has 0 aliphatic rings. The first-order valence-electron chi connectivity index (χ1n) is 31.0. The molecule has 0 saturated carbocycles. The van der Waals surface area contributed by atoms with Crippen molar-refractivity contribution in [3.63, 3.8) is 0 Å². The van der Waals surface area contributed by atoms with Crippen LogP contribution in [0.4, 0.5) is 0 Å². The molecule has 0 amide bonds. The lowest BCUT2D eigenvalue weighted by molar-refractivity contribution is -0.167. The lowest BCUT2D eigenvalue weighted by Crippen LogP contribution is -2.30. The highest BCUT2D eigenvalue weighted by Gasteiger charge is 2.19. The van der Waals surface area contributed by atoms with Crippen LogP contribution < -0.4 is 0 Å². The van der Waals surface area contributed by atoms with Crippen molar-refractivity contribution < 1.29 is 28.6 Å². The summed E-state index contributed by atoms with van der Waals surface area (Å²) in [6, 6.07) is 0. The van der Waals surface area contributed by atoms with Crippen molar-refractivity contribution in [2.24, 2.45) is 0 Å². The first-order chi connectivity index (χ1) is 37.0.